The monoisotopic (exact) mass is 254 g/mol. The predicted octanol–water partition coefficient (Wildman–Crippen LogP) is 0.154. The first-order valence-corrected chi connectivity index (χ1v) is 0.748. The van der Waals surface area contributed by atoms with E-state index in [1.54, 1.807) is 0 Å². The van der Waals surface area contributed by atoms with Crippen LogP contribution in [0.15, 0.2) is 0 Å². The average molecular weight is 254 g/mol. The molecule has 0 spiro atoms. The van der Waals surface area contributed by atoms with E-state index in [0.29, 0.717) is 0 Å². The summed E-state index contributed by atoms with van der Waals surface area (Å²) in [5.41, 5.74) is 0. The molecule has 0 aromatic rings. The van der Waals surface area contributed by atoms with E-state index < -0.39 is 5.09 Å². The summed E-state index contributed by atoms with van der Waals surface area (Å²) in [5.74, 6) is 0. The molecule has 0 aliphatic carbocycles. The van der Waals surface area contributed by atoms with Gasteiger partial charge in [0.2, 0.25) is 0 Å². The fraction of sp³-hybridized carbons (Fsp3) is 0. The van der Waals surface area contributed by atoms with Gasteiger partial charge in [-0.2, -0.15) is 0 Å². The Morgan fingerprint density at radius 2 is 1.25 bits per heavy atom. The van der Waals surface area contributed by atoms with Crippen LogP contribution in [0.25, 0.3) is 0 Å². The van der Waals surface area contributed by atoms with Crippen molar-refractivity contribution in [3.63, 3.8) is 0 Å². The van der Waals surface area contributed by atoms with Crippen molar-refractivity contribution in [3.8, 4) is 0 Å². The van der Waals surface area contributed by atoms with Gasteiger partial charge in [0.25, 0.3) is 0 Å². The number of hydrogen-bond acceptors (Lipinski definition) is 5. The molecule has 0 rings (SSSR count). The summed E-state index contributed by atoms with van der Waals surface area (Å²) in [4.78, 5) is 8.25. The Morgan fingerprint density at radius 1 is 1.25 bits per heavy atom. The standard InChI is InChI=1S/Ce.NO3.H3N.H2O2/c;2-1(3)4;;1-2/h;;1H3;1-2H/q;-1;;/p+1. The Kier molecular flexibility index (Phi) is 77.0. The van der Waals surface area contributed by atoms with Crippen LogP contribution >= 0.6 is 0 Å². The van der Waals surface area contributed by atoms with Crippen LogP contribution in [-0.4, -0.2) is 15.6 Å². The second-order valence-electron chi connectivity index (χ2n) is 0.224. The quantitative estimate of drug-likeness (QED) is 0.320. The SMILES string of the molecule is O=[N+]([O-])[O-].OO.[Ce].[NH4+]. The normalized spacial score (nSPS) is 3.75. The van der Waals surface area contributed by atoms with Crippen LogP contribution in [0.4, 0.5) is 0 Å². The van der Waals surface area contributed by atoms with Crippen molar-refractivity contribution in [2.75, 3.05) is 0 Å². The molecule has 50 valence electrons. The van der Waals surface area contributed by atoms with Gasteiger partial charge in [-0.25, -0.2) is 0 Å². The maximum Gasteiger partial charge on any atom is 0.0689 e. The summed E-state index contributed by atoms with van der Waals surface area (Å²) in [7, 11) is 0. The van der Waals surface area contributed by atoms with E-state index in [9.17, 15) is 0 Å². The van der Waals surface area contributed by atoms with Gasteiger partial charge in [0, 0.05) is 41.7 Å². The maximum atomic E-state index is 8.25. The minimum absolute atomic E-state index is 0. The van der Waals surface area contributed by atoms with Crippen LogP contribution < -0.4 is 6.15 Å². The first-order chi connectivity index (χ1) is 2.73. The van der Waals surface area contributed by atoms with Crippen LogP contribution in [0.1, 0.15) is 0 Å². The van der Waals surface area contributed by atoms with E-state index in [0.717, 1.165) is 0 Å². The van der Waals surface area contributed by atoms with Crippen molar-refractivity contribution in [1.29, 1.82) is 0 Å². The molecule has 8 heavy (non-hydrogen) atoms. The minimum Gasteiger partial charge on any atom is -0.369 e. The molecule has 0 unspecified atom stereocenters. The smallest absolute Gasteiger partial charge is 0.0689 e. The van der Waals surface area contributed by atoms with E-state index in [1.807, 2.05) is 0 Å². The molecule has 6 N–H and O–H groups in total. The molecule has 0 atom stereocenters. The van der Waals surface area contributed by atoms with Crippen molar-refractivity contribution < 1.29 is 57.3 Å². The molecule has 0 aromatic carbocycles. The topological polar surface area (TPSA) is 143 Å². The summed E-state index contributed by atoms with van der Waals surface area (Å²) < 4.78 is 0. The summed E-state index contributed by atoms with van der Waals surface area (Å²) in [6.07, 6.45) is 0. The maximum absolute atomic E-state index is 8.25. The van der Waals surface area contributed by atoms with E-state index >= 15 is 0 Å². The van der Waals surface area contributed by atoms with Crippen molar-refractivity contribution in [2.24, 2.45) is 0 Å². The van der Waals surface area contributed by atoms with Crippen molar-refractivity contribution in [3.05, 3.63) is 15.3 Å². The van der Waals surface area contributed by atoms with Gasteiger partial charge in [-0.3, -0.25) is 10.5 Å². The van der Waals surface area contributed by atoms with Gasteiger partial charge in [-0.15, -0.1) is 0 Å². The second kappa shape index (κ2) is 26.0. The zero-order chi connectivity index (χ0) is 5.58. The molecule has 0 saturated carbocycles. The molecule has 7 nitrogen and oxygen atoms in total. The average Bonchev–Trinajstić information content (AvgIpc) is 1.41. The second-order valence-corrected chi connectivity index (χ2v) is 0.224. The van der Waals surface area contributed by atoms with Gasteiger partial charge in [-0.1, -0.05) is 0 Å². The van der Waals surface area contributed by atoms with Crippen LogP contribution in [0.5, 0.6) is 0 Å². The van der Waals surface area contributed by atoms with Crippen molar-refractivity contribution in [2.45, 2.75) is 0 Å². The molecule has 0 radical (unpaired) electrons. The van der Waals surface area contributed by atoms with Gasteiger partial charge in [0.05, 0.1) is 5.09 Å². The Morgan fingerprint density at radius 3 is 1.25 bits per heavy atom. The summed E-state index contributed by atoms with van der Waals surface area (Å²) in [5, 5.41) is 26.8. The van der Waals surface area contributed by atoms with Gasteiger partial charge in [0.1, 0.15) is 0 Å². The summed E-state index contributed by atoms with van der Waals surface area (Å²) >= 11 is 0. The third-order valence-corrected chi connectivity index (χ3v) is 0. The van der Waals surface area contributed by atoms with Crippen LogP contribution in [0.2, 0.25) is 0 Å². The molecular weight excluding hydrogens is 248 g/mol. The molecule has 0 bridgehead atoms. The molecule has 0 heterocycles. The van der Waals surface area contributed by atoms with E-state index in [2.05, 4.69) is 0 Å². The van der Waals surface area contributed by atoms with E-state index in [1.165, 1.54) is 0 Å². The molecule has 0 aliphatic rings. The molecule has 0 fully saturated rings. The van der Waals surface area contributed by atoms with Crippen molar-refractivity contribution in [1.82, 2.24) is 6.15 Å². The molecular formula is H6CeN2O5. The largest absolute Gasteiger partial charge is 0.369 e. The third kappa shape index (κ3) is 922. The van der Waals surface area contributed by atoms with Gasteiger partial charge >= 0.3 is 0 Å². The first-order valence-electron chi connectivity index (χ1n) is 0.748. The number of quaternary nitrogens is 1. The van der Waals surface area contributed by atoms with Crippen LogP contribution in [0, 0.1) is 57.1 Å². The van der Waals surface area contributed by atoms with Crippen molar-refractivity contribution >= 4 is 0 Å². The van der Waals surface area contributed by atoms with Gasteiger partial charge in [0.15, 0.2) is 0 Å². The Hall–Kier alpha value is 0.457. The Balaban J connectivity index is -0.0000000183. The molecule has 0 aromatic heterocycles. The fourth-order valence-electron chi connectivity index (χ4n) is 0. The van der Waals surface area contributed by atoms with Gasteiger partial charge in [-0.05, 0) is 0 Å². The zero-order valence-electron chi connectivity index (χ0n) is 4.07. The zero-order valence-corrected chi connectivity index (χ0v) is 7.21. The fourth-order valence-corrected chi connectivity index (χ4v) is 0. The molecule has 0 amide bonds. The Bertz CT molecular complexity index is 33.4. The third-order valence-electron chi connectivity index (χ3n) is 0. The molecule has 8 heteroatoms. The Labute approximate surface area is 78.3 Å². The minimum atomic E-state index is -1.75. The number of rotatable bonds is 0. The number of nitrogens with zero attached hydrogens (tertiary/aromatic N) is 1. The molecule has 0 saturated heterocycles. The van der Waals surface area contributed by atoms with Crippen LogP contribution in [0.3, 0.4) is 0 Å². The molecule has 0 aliphatic heterocycles. The summed E-state index contributed by atoms with van der Waals surface area (Å²) in [6, 6.07) is 0. The summed E-state index contributed by atoms with van der Waals surface area (Å²) in [6.45, 7) is 0. The number of hydrogen-bond donors (Lipinski definition) is 3. The van der Waals surface area contributed by atoms with Crippen LogP contribution in [-0.2, 0) is 0 Å². The first kappa shape index (κ1) is 23.7. The predicted molar refractivity (Wildman–Crippen MR) is 21.6 cm³/mol. The van der Waals surface area contributed by atoms with E-state index in [4.69, 9.17) is 25.8 Å². The van der Waals surface area contributed by atoms with Gasteiger partial charge < -0.3 is 21.5 Å². The van der Waals surface area contributed by atoms with E-state index in [-0.39, 0.29) is 47.9 Å².